The van der Waals surface area contributed by atoms with E-state index in [-0.39, 0.29) is 40.1 Å². The molecule has 0 heterocycles. The number of carbonyl (C=O) groups is 1. The number of methoxy groups -OCH3 is 1. The number of nitrogens with one attached hydrogen (secondary N) is 1. The highest BCUT2D eigenvalue weighted by Gasteiger charge is 2.26. The van der Waals surface area contributed by atoms with Crippen LogP contribution >= 0.6 is 11.6 Å². The third-order valence-electron chi connectivity index (χ3n) is 4.40. The van der Waals surface area contributed by atoms with Gasteiger partial charge in [0.05, 0.1) is 22.6 Å². The van der Waals surface area contributed by atoms with Gasteiger partial charge in [0, 0.05) is 39.1 Å². The van der Waals surface area contributed by atoms with Crippen LogP contribution in [0.1, 0.15) is 6.42 Å². The lowest BCUT2D eigenvalue weighted by molar-refractivity contribution is -0.128. The lowest BCUT2D eigenvalue weighted by atomic mass is 10.3. The van der Waals surface area contributed by atoms with E-state index in [0.717, 1.165) is 4.31 Å². The number of benzene rings is 2. The summed E-state index contributed by atoms with van der Waals surface area (Å²) in [6.45, 7) is -0.0976. The number of rotatable bonds is 9. The molecule has 2 aromatic carbocycles. The summed E-state index contributed by atoms with van der Waals surface area (Å²) in [6.07, 6.45) is -0.0138. The molecule has 0 aromatic heterocycles. The highest BCUT2D eigenvalue weighted by atomic mass is 35.5. The van der Waals surface area contributed by atoms with Crippen molar-refractivity contribution in [1.29, 1.82) is 0 Å². The van der Waals surface area contributed by atoms with Crippen molar-refractivity contribution < 1.29 is 26.4 Å². The Kier molecular flexibility index (Phi) is 7.93. The van der Waals surface area contributed by atoms with Gasteiger partial charge in [-0.2, -0.15) is 0 Å². The summed E-state index contributed by atoms with van der Waals surface area (Å²) in [4.78, 5) is 12.8. The molecule has 12 heteroatoms. The van der Waals surface area contributed by atoms with E-state index >= 15 is 0 Å². The SMILES string of the molecule is COc1ccc(S(=O)(=O)NCCC(=O)N(C)C)cc1N(C)S(=O)(=O)c1ccc(Cl)cc1. The standard InChI is InChI=1S/C19H24ClN3O6S2/c1-22(2)19(24)11-12-21-30(25,26)16-9-10-18(29-4)17(13-16)23(3)31(27,28)15-7-5-14(20)6-8-15/h5-10,13,21H,11-12H2,1-4H3. The smallest absolute Gasteiger partial charge is 0.264 e. The van der Waals surface area contributed by atoms with Gasteiger partial charge < -0.3 is 9.64 Å². The molecule has 1 amide bonds. The first-order valence-corrected chi connectivity index (χ1v) is 12.3. The lowest BCUT2D eigenvalue weighted by Gasteiger charge is -2.22. The van der Waals surface area contributed by atoms with Gasteiger partial charge in [0.25, 0.3) is 10.0 Å². The summed E-state index contributed by atoms with van der Waals surface area (Å²) < 4.78 is 59.8. The molecule has 0 radical (unpaired) electrons. The number of hydrogen-bond donors (Lipinski definition) is 1. The van der Waals surface area contributed by atoms with Crippen molar-refractivity contribution in [1.82, 2.24) is 9.62 Å². The first-order chi connectivity index (χ1) is 14.4. The van der Waals surface area contributed by atoms with Crippen LogP contribution in [0.5, 0.6) is 5.75 Å². The van der Waals surface area contributed by atoms with E-state index in [1.807, 2.05) is 0 Å². The predicted molar refractivity (Wildman–Crippen MR) is 119 cm³/mol. The molecule has 0 unspecified atom stereocenters. The molecule has 0 saturated heterocycles. The van der Waals surface area contributed by atoms with Gasteiger partial charge in [-0.15, -0.1) is 0 Å². The van der Waals surface area contributed by atoms with Crippen molar-refractivity contribution in [2.75, 3.05) is 39.1 Å². The van der Waals surface area contributed by atoms with Gasteiger partial charge in [0.2, 0.25) is 15.9 Å². The van der Waals surface area contributed by atoms with Gasteiger partial charge >= 0.3 is 0 Å². The molecule has 0 aliphatic rings. The first kappa shape index (κ1) is 24.9. The molecular weight excluding hydrogens is 466 g/mol. The van der Waals surface area contributed by atoms with Crippen molar-refractivity contribution in [2.24, 2.45) is 0 Å². The minimum absolute atomic E-state index is 0.0138. The number of hydrogen-bond acceptors (Lipinski definition) is 6. The first-order valence-electron chi connectivity index (χ1n) is 9.02. The number of amides is 1. The Balaban J connectivity index is 2.37. The summed E-state index contributed by atoms with van der Waals surface area (Å²) in [7, 11) is -2.22. The van der Waals surface area contributed by atoms with Crippen LogP contribution in [0.3, 0.4) is 0 Å². The molecule has 170 valence electrons. The number of anilines is 1. The average Bonchev–Trinajstić information content (AvgIpc) is 2.72. The predicted octanol–water partition coefficient (Wildman–Crippen LogP) is 1.93. The fourth-order valence-electron chi connectivity index (χ4n) is 2.58. The molecule has 0 bridgehead atoms. The van der Waals surface area contributed by atoms with Gasteiger partial charge in [0.1, 0.15) is 5.75 Å². The van der Waals surface area contributed by atoms with E-state index in [0.29, 0.717) is 5.02 Å². The van der Waals surface area contributed by atoms with Crippen LogP contribution in [0.25, 0.3) is 0 Å². The summed E-state index contributed by atoms with van der Waals surface area (Å²) in [5.41, 5.74) is 0.0321. The second kappa shape index (κ2) is 9.86. The van der Waals surface area contributed by atoms with Crippen LogP contribution in [0.15, 0.2) is 52.3 Å². The molecule has 2 aromatic rings. The van der Waals surface area contributed by atoms with E-state index in [1.54, 1.807) is 14.1 Å². The molecule has 31 heavy (non-hydrogen) atoms. The Morgan fingerprint density at radius 1 is 1.00 bits per heavy atom. The molecule has 1 N–H and O–H groups in total. The molecule has 0 aliphatic heterocycles. The minimum atomic E-state index is -4.01. The van der Waals surface area contributed by atoms with Gasteiger partial charge in [0.15, 0.2) is 0 Å². The molecule has 0 saturated carbocycles. The normalized spacial score (nSPS) is 11.8. The van der Waals surface area contributed by atoms with Gasteiger partial charge in [-0.3, -0.25) is 9.10 Å². The Hall–Kier alpha value is -2.34. The number of carbonyl (C=O) groups excluding carboxylic acids is 1. The monoisotopic (exact) mass is 489 g/mol. The van der Waals surface area contributed by atoms with Crippen molar-refractivity contribution >= 4 is 43.2 Å². The molecule has 0 spiro atoms. The largest absolute Gasteiger partial charge is 0.495 e. The zero-order valence-corrected chi connectivity index (χ0v) is 19.9. The third kappa shape index (κ3) is 5.88. The summed E-state index contributed by atoms with van der Waals surface area (Å²) >= 11 is 5.83. The summed E-state index contributed by atoms with van der Waals surface area (Å²) in [5, 5.41) is 0.381. The Labute approximate surface area is 187 Å². The van der Waals surface area contributed by atoms with Crippen LogP contribution in [0.4, 0.5) is 5.69 Å². The molecule has 0 aliphatic carbocycles. The Morgan fingerprint density at radius 2 is 1.58 bits per heavy atom. The van der Waals surface area contributed by atoms with Crippen LogP contribution in [0, 0.1) is 0 Å². The number of sulfonamides is 2. The van der Waals surface area contributed by atoms with E-state index in [2.05, 4.69) is 4.72 Å². The van der Waals surface area contributed by atoms with Crippen molar-refractivity contribution in [2.45, 2.75) is 16.2 Å². The topological polar surface area (TPSA) is 113 Å². The van der Waals surface area contributed by atoms with E-state index in [1.165, 1.54) is 61.5 Å². The van der Waals surface area contributed by atoms with E-state index < -0.39 is 20.0 Å². The maximum absolute atomic E-state index is 13.0. The third-order valence-corrected chi connectivity index (χ3v) is 7.90. The second-order valence-corrected chi connectivity index (χ2v) is 10.9. The lowest BCUT2D eigenvalue weighted by Crippen LogP contribution is -2.31. The number of nitrogens with zero attached hydrogens (tertiary/aromatic N) is 2. The highest BCUT2D eigenvalue weighted by molar-refractivity contribution is 7.92. The van der Waals surface area contributed by atoms with Gasteiger partial charge in [-0.25, -0.2) is 21.6 Å². The van der Waals surface area contributed by atoms with Crippen molar-refractivity contribution in [3.63, 3.8) is 0 Å². The zero-order chi connectivity index (χ0) is 23.4. The minimum Gasteiger partial charge on any atom is -0.495 e. The Bertz CT molecular complexity index is 1150. The van der Waals surface area contributed by atoms with Crippen molar-refractivity contribution in [3.8, 4) is 5.75 Å². The second-order valence-electron chi connectivity index (χ2n) is 6.70. The fraction of sp³-hybridized carbons (Fsp3) is 0.316. The number of ether oxygens (including phenoxy) is 1. The highest BCUT2D eigenvalue weighted by Crippen LogP contribution is 2.33. The van der Waals surface area contributed by atoms with Crippen LogP contribution < -0.4 is 13.8 Å². The van der Waals surface area contributed by atoms with Crippen molar-refractivity contribution in [3.05, 3.63) is 47.5 Å². The maximum Gasteiger partial charge on any atom is 0.264 e. The maximum atomic E-state index is 13.0. The summed E-state index contributed by atoms with van der Waals surface area (Å²) in [6, 6.07) is 9.44. The van der Waals surface area contributed by atoms with E-state index in [4.69, 9.17) is 16.3 Å². The van der Waals surface area contributed by atoms with Gasteiger partial charge in [-0.1, -0.05) is 11.6 Å². The Morgan fingerprint density at radius 3 is 2.13 bits per heavy atom. The molecule has 0 atom stereocenters. The summed E-state index contributed by atoms with van der Waals surface area (Å²) in [5.74, 6) is -0.0614. The van der Waals surface area contributed by atoms with Gasteiger partial charge in [-0.05, 0) is 42.5 Å². The molecular formula is C19H24ClN3O6S2. The van der Waals surface area contributed by atoms with Crippen LogP contribution in [0.2, 0.25) is 5.02 Å². The van der Waals surface area contributed by atoms with Crippen LogP contribution in [-0.4, -0.2) is 62.4 Å². The quantitative estimate of drug-likeness (QED) is 0.575. The van der Waals surface area contributed by atoms with Crippen LogP contribution in [-0.2, 0) is 24.8 Å². The number of halogens is 1. The fourth-order valence-corrected chi connectivity index (χ4v) is 4.95. The zero-order valence-electron chi connectivity index (χ0n) is 17.5. The average molecular weight is 490 g/mol. The van der Waals surface area contributed by atoms with E-state index in [9.17, 15) is 21.6 Å². The molecule has 9 nitrogen and oxygen atoms in total. The molecule has 2 rings (SSSR count). The molecule has 0 fully saturated rings.